The van der Waals surface area contributed by atoms with E-state index in [1.165, 1.54) is 12.0 Å². The molecule has 5 fully saturated rings. The molecule has 5 heterocycles. The van der Waals surface area contributed by atoms with Crippen molar-refractivity contribution < 1.29 is 72.1 Å². The van der Waals surface area contributed by atoms with Crippen molar-refractivity contribution in [3.63, 3.8) is 0 Å². The average Bonchev–Trinajstić information content (AvgIpc) is 3.48. The quantitative estimate of drug-likeness (QED) is 0.0763. The first-order valence-corrected chi connectivity index (χ1v) is 30.5. The van der Waals surface area contributed by atoms with Crippen LogP contribution in [0.2, 0.25) is 0 Å². The molecule has 15 atom stereocenters. The number of ether oxygens (including phenoxy) is 8. The van der Waals surface area contributed by atoms with Gasteiger partial charge in [-0.05, 0) is 120 Å². The number of Topliss-reactive ketones (excluding diaryl/α,β-unsaturated/α-hetero) is 3. The third-order valence-corrected chi connectivity index (χ3v) is 18.1. The van der Waals surface area contributed by atoms with Gasteiger partial charge in [-0.3, -0.25) is 19.2 Å². The van der Waals surface area contributed by atoms with Crippen LogP contribution in [-0.2, 0) is 61.9 Å². The van der Waals surface area contributed by atoms with Crippen LogP contribution in [-0.4, -0.2) is 208 Å². The molecule has 1 amide bonds. The number of hydrogen-bond acceptors (Lipinski definition) is 17. The minimum atomic E-state index is -2.47. The van der Waals surface area contributed by atoms with Crippen LogP contribution in [0.5, 0.6) is 0 Å². The van der Waals surface area contributed by atoms with E-state index >= 15 is 0 Å². The molecular weight excluding hydrogens is 1040 g/mol. The molecule has 1 saturated carbocycles. The van der Waals surface area contributed by atoms with Crippen LogP contribution >= 0.6 is 0 Å². The lowest BCUT2D eigenvalue weighted by molar-refractivity contribution is -0.266. The highest BCUT2D eigenvalue weighted by Gasteiger charge is 2.53. The lowest BCUT2D eigenvalue weighted by Crippen LogP contribution is -2.61. The molecule has 0 aromatic rings. The molecule has 18 heteroatoms. The van der Waals surface area contributed by atoms with Crippen LogP contribution in [0.3, 0.4) is 0 Å². The third-order valence-electron chi connectivity index (χ3n) is 18.1. The zero-order valence-corrected chi connectivity index (χ0v) is 50.6. The molecule has 81 heavy (non-hydrogen) atoms. The van der Waals surface area contributed by atoms with Gasteiger partial charge in [0.05, 0.1) is 50.8 Å². The van der Waals surface area contributed by atoms with Crippen LogP contribution in [0, 0.1) is 35.5 Å². The van der Waals surface area contributed by atoms with E-state index in [1.807, 2.05) is 58.1 Å². The van der Waals surface area contributed by atoms with E-state index in [0.717, 1.165) is 64.0 Å². The van der Waals surface area contributed by atoms with Crippen LogP contribution < -0.4 is 0 Å². The maximum absolute atomic E-state index is 14.7. The largest absolute Gasteiger partial charge is 0.460 e. The molecule has 18 nitrogen and oxygen atoms in total. The van der Waals surface area contributed by atoms with Crippen molar-refractivity contribution in [1.82, 2.24) is 14.7 Å². The van der Waals surface area contributed by atoms with Gasteiger partial charge in [0.1, 0.15) is 36.2 Å². The minimum Gasteiger partial charge on any atom is -0.460 e. The normalized spacial score (nSPS) is 37.5. The van der Waals surface area contributed by atoms with Gasteiger partial charge in [0.25, 0.3) is 11.7 Å². The van der Waals surface area contributed by atoms with E-state index in [1.54, 1.807) is 34.0 Å². The van der Waals surface area contributed by atoms with Crippen LogP contribution in [0.4, 0.5) is 0 Å². The fraction of sp³-hybridized carbons (Fsp3) is 0.794. The molecule has 6 rings (SSSR count). The summed E-state index contributed by atoms with van der Waals surface area (Å²) in [5.41, 5.74) is 1.26. The van der Waals surface area contributed by atoms with Crippen molar-refractivity contribution >= 4 is 29.2 Å². The van der Waals surface area contributed by atoms with Crippen LogP contribution in [0.1, 0.15) is 132 Å². The number of carbonyl (C=O) groups is 5. The predicted octanol–water partition coefficient (Wildman–Crippen LogP) is 6.63. The van der Waals surface area contributed by atoms with Gasteiger partial charge < -0.3 is 62.8 Å². The molecule has 1 aliphatic carbocycles. The number of likely N-dealkylation sites (N-methyl/N-ethyl adjacent to an activating group) is 1. The molecule has 0 aromatic carbocycles. The lowest BCUT2D eigenvalue weighted by Gasteiger charge is -2.43. The topological polar surface area (TPSA) is 209 Å². The Morgan fingerprint density at radius 2 is 1.53 bits per heavy atom. The average molecular weight is 1140 g/mol. The highest BCUT2D eigenvalue weighted by molar-refractivity contribution is 6.39. The Morgan fingerprint density at radius 3 is 2.23 bits per heavy atom. The number of ketones is 3. The Labute approximate surface area is 483 Å². The van der Waals surface area contributed by atoms with E-state index in [2.05, 4.69) is 16.8 Å². The van der Waals surface area contributed by atoms with E-state index in [-0.39, 0.29) is 80.0 Å². The molecule has 1 unspecified atom stereocenters. The maximum atomic E-state index is 14.7. The van der Waals surface area contributed by atoms with E-state index in [9.17, 15) is 34.2 Å². The second-order valence-corrected chi connectivity index (χ2v) is 24.6. The number of fused-ring (bicyclic) bond motifs is 3. The number of piperazine rings is 1. The zero-order chi connectivity index (χ0) is 58.8. The number of esters is 1. The smallest absolute Gasteiger partial charge is 0.329 e. The summed E-state index contributed by atoms with van der Waals surface area (Å²) in [6.45, 7) is 20.5. The number of carbonyl (C=O) groups excluding carboxylic acids is 5. The summed E-state index contributed by atoms with van der Waals surface area (Å²) in [5.74, 6) is -7.95. The lowest BCUT2D eigenvalue weighted by atomic mass is 9.78. The number of hydrogen-bond donors (Lipinski definition) is 2. The summed E-state index contributed by atoms with van der Waals surface area (Å²) in [6, 6.07) is -1.15. The Hall–Kier alpha value is -3.53. The highest BCUT2D eigenvalue weighted by Crippen LogP contribution is 2.38. The van der Waals surface area contributed by atoms with Gasteiger partial charge in [-0.25, -0.2) is 4.79 Å². The monoisotopic (exact) mass is 1140 g/mol. The third kappa shape index (κ3) is 19.2. The molecule has 4 saturated heterocycles. The summed E-state index contributed by atoms with van der Waals surface area (Å²) in [6.07, 6.45) is 13.3. The van der Waals surface area contributed by atoms with E-state index in [0.29, 0.717) is 70.5 Å². The van der Waals surface area contributed by atoms with Gasteiger partial charge in [0.15, 0.2) is 5.78 Å². The van der Waals surface area contributed by atoms with E-state index in [4.69, 9.17) is 37.9 Å². The predicted molar refractivity (Wildman–Crippen MR) is 307 cm³/mol. The molecular formula is C63H101N3O15. The number of rotatable bonds is 15. The van der Waals surface area contributed by atoms with Crippen LogP contribution in [0.25, 0.3) is 0 Å². The first kappa shape index (κ1) is 66.6. The molecule has 2 bridgehead atoms. The molecule has 6 aliphatic rings. The first-order chi connectivity index (χ1) is 38.7. The highest BCUT2D eigenvalue weighted by atomic mass is 16.6. The van der Waals surface area contributed by atoms with Gasteiger partial charge in [-0.2, -0.15) is 0 Å². The van der Waals surface area contributed by atoms with Gasteiger partial charge in [-0.15, -0.1) is 0 Å². The second-order valence-electron chi connectivity index (χ2n) is 24.6. The van der Waals surface area contributed by atoms with E-state index < -0.39 is 77.8 Å². The van der Waals surface area contributed by atoms with Crippen molar-refractivity contribution in [3.8, 4) is 0 Å². The summed E-state index contributed by atoms with van der Waals surface area (Å²) < 4.78 is 48.4. The minimum absolute atomic E-state index is 0.00193. The zero-order valence-electron chi connectivity index (χ0n) is 50.6. The van der Waals surface area contributed by atoms with Crippen molar-refractivity contribution in [3.05, 3.63) is 47.6 Å². The molecule has 458 valence electrons. The standard InChI is InChI=1S/C63H101N3O15/c1-41-17-12-11-13-18-42(2)54(79-32-31-77-50-39-76-40-50)37-49-22-20-47(7)63(73,81-49)60(70)61(71)66-25-15-14-19-51(66)62(72)80-55(38-52(67)43(3)34-46(6)58(69)59(75-10)57(68)45(5)33-41)44(4)35-48-21-23-53(56(36-48)74-9)78-30-16-24-65-28-26-64(8)27-29-65/h11-13,17-18,34,41,43-45,47-51,53-56,58-59,69,73H,14-16,19-33,35-40H2,1-10H3/b13-11+,17-12+,42-18+,46-34+/t41-,43-,44-,45-,47-,48+,49+,51+,53-,54?,55+,56-,58-,59+,63-/m1/s1. The van der Waals surface area contributed by atoms with Crippen molar-refractivity contribution in [1.29, 1.82) is 0 Å². The summed E-state index contributed by atoms with van der Waals surface area (Å²) >= 11 is 0. The summed E-state index contributed by atoms with van der Waals surface area (Å²) in [4.78, 5) is 78.3. The number of cyclic esters (lactones) is 1. The van der Waals surface area contributed by atoms with Crippen molar-refractivity contribution in [2.45, 2.75) is 193 Å². The van der Waals surface area contributed by atoms with Crippen molar-refractivity contribution in [2.24, 2.45) is 35.5 Å². The van der Waals surface area contributed by atoms with Gasteiger partial charge >= 0.3 is 5.97 Å². The van der Waals surface area contributed by atoms with Crippen LogP contribution in [0.15, 0.2) is 47.6 Å². The molecule has 0 aromatic heterocycles. The number of aliphatic hydroxyl groups excluding tert-OH is 1. The number of allylic oxidation sites excluding steroid dienone is 6. The first-order valence-electron chi connectivity index (χ1n) is 30.5. The number of amides is 1. The molecule has 0 spiro atoms. The molecule has 2 N–H and O–H groups in total. The number of methoxy groups -OCH3 is 2. The summed E-state index contributed by atoms with van der Waals surface area (Å²) in [5, 5.41) is 23.9. The molecule has 0 radical (unpaired) electrons. The fourth-order valence-electron chi connectivity index (χ4n) is 12.5. The Morgan fingerprint density at radius 1 is 0.790 bits per heavy atom. The summed E-state index contributed by atoms with van der Waals surface area (Å²) in [7, 11) is 5.27. The van der Waals surface area contributed by atoms with Gasteiger partial charge in [0.2, 0.25) is 5.79 Å². The number of piperidine rings is 1. The second kappa shape index (κ2) is 32.7. The Bertz CT molecular complexity index is 2160. The Kier molecular flexibility index (Phi) is 26.9. The Balaban J connectivity index is 1.24. The van der Waals surface area contributed by atoms with Gasteiger partial charge in [-0.1, -0.05) is 71.1 Å². The number of aliphatic hydroxyl groups is 2. The van der Waals surface area contributed by atoms with Crippen molar-refractivity contribution in [2.75, 3.05) is 93.6 Å². The SMILES string of the molecule is CO[C@@H]1C[C@H](C[C@@H](C)[C@@H]2CC(=O)[C@H](C)/C=C(\C)[C@@H](O)[C@@H](OC)C(=O)[C@H](C)C[C@H](C)/C=C/C=C/C=C(\C)C(OCCOC3COC3)C[C@@H]3CC[C@@H](C)[C@@](O)(O3)C(=O)C(=O)N3CCCC[C@H]3C(=O)O2)CC[C@H]1OCCCN1CCN(C)CC1. The molecule has 5 aliphatic heterocycles. The maximum Gasteiger partial charge on any atom is 0.329 e. The fourth-order valence-corrected chi connectivity index (χ4v) is 12.5. The number of nitrogens with zero attached hydrogens (tertiary/aromatic N) is 3. The van der Waals surface area contributed by atoms with Gasteiger partial charge in [0, 0.05) is 90.7 Å².